The molecule has 0 saturated carbocycles. The van der Waals surface area contributed by atoms with Crippen LogP contribution in [-0.2, 0) is 11.5 Å². The van der Waals surface area contributed by atoms with Crippen molar-refractivity contribution in [2.45, 2.75) is 11.5 Å². The predicted octanol–water partition coefficient (Wildman–Crippen LogP) is 8.19. The van der Waals surface area contributed by atoms with Crippen molar-refractivity contribution in [1.82, 2.24) is 0 Å². The van der Waals surface area contributed by atoms with E-state index in [1.54, 1.807) is 0 Å². The van der Waals surface area contributed by atoms with Crippen molar-refractivity contribution in [1.29, 1.82) is 0 Å². The molecule has 0 fully saturated rings. The number of benzene rings is 5. The Morgan fingerprint density at radius 3 is 0.967 bits per heavy atom. The van der Waals surface area contributed by atoms with Crippen LogP contribution in [0.5, 0.6) is 0 Å². The molecule has 0 unspecified atom stereocenters. The van der Waals surface area contributed by atoms with Crippen LogP contribution in [0.3, 0.4) is 0 Å². The Kier molecular flexibility index (Phi) is 5.28. The van der Waals surface area contributed by atoms with E-state index in [2.05, 4.69) is 122 Å². The van der Waals surface area contributed by atoms with Gasteiger partial charge >= 0.3 is 0 Å². The lowest BCUT2D eigenvalue weighted by molar-refractivity contribution is 1.43. The molecule has 0 nitrogen and oxygen atoms in total. The fraction of sp³-hybridized carbons (Fsp3) is 0.0714. The summed E-state index contributed by atoms with van der Waals surface area (Å²) in [4.78, 5) is 0. The number of rotatable bonds is 4. The van der Waals surface area contributed by atoms with Gasteiger partial charge in [0.25, 0.3) is 0 Å². The highest BCUT2D eigenvalue weighted by Crippen LogP contribution is 2.43. The van der Waals surface area contributed by atoms with Crippen LogP contribution in [0.15, 0.2) is 97.1 Å². The number of fused-ring (bicyclic) bond motifs is 2. The molecule has 0 bridgehead atoms. The van der Waals surface area contributed by atoms with Gasteiger partial charge < -0.3 is 0 Å². The summed E-state index contributed by atoms with van der Waals surface area (Å²) in [5.41, 5.74) is 7.54. The summed E-state index contributed by atoms with van der Waals surface area (Å²) >= 11 is 8.83. The molecule has 0 N–H and O–H groups in total. The van der Waals surface area contributed by atoms with Crippen LogP contribution < -0.4 is 0 Å². The van der Waals surface area contributed by atoms with Gasteiger partial charge in [0, 0.05) is 11.5 Å². The van der Waals surface area contributed by atoms with Gasteiger partial charge in [0.2, 0.25) is 0 Å². The summed E-state index contributed by atoms with van der Waals surface area (Å²) in [5, 5.41) is 5.12. The molecule has 0 amide bonds. The minimum Gasteiger partial charge on any atom is -0.175 e. The van der Waals surface area contributed by atoms with E-state index >= 15 is 0 Å². The maximum atomic E-state index is 4.41. The first-order chi connectivity index (χ1) is 14.8. The van der Waals surface area contributed by atoms with Gasteiger partial charge in [-0.25, -0.2) is 0 Å². The van der Waals surface area contributed by atoms with E-state index < -0.39 is 0 Å². The first kappa shape index (κ1) is 19.3. The molecule has 5 aromatic rings. The average molecular weight is 423 g/mol. The van der Waals surface area contributed by atoms with E-state index in [1.807, 2.05) is 0 Å². The number of hydrogen-bond donors (Lipinski definition) is 2. The van der Waals surface area contributed by atoms with Gasteiger partial charge in [-0.05, 0) is 54.9 Å². The summed E-state index contributed by atoms with van der Waals surface area (Å²) in [6, 6.07) is 35.1. The third-order valence-corrected chi connectivity index (χ3v) is 6.51. The Morgan fingerprint density at radius 1 is 0.400 bits per heavy atom. The lowest BCUT2D eigenvalue weighted by atomic mass is 9.86. The Hall–Kier alpha value is -2.68. The molecule has 0 aliphatic rings. The Morgan fingerprint density at radius 2 is 0.700 bits per heavy atom. The summed E-state index contributed by atoms with van der Waals surface area (Å²) in [5.74, 6) is 1.51. The van der Waals surface area contributed by atoms with Crippen molar-refractivity contribution in [2.75, 3.05) is 0 Å². The highest BCUT2D eigenvalue weighted by atomic mass is 32.1. The quantitative estimate of drug-likeness (QED) is 0.212. The van der Waals surface area contributed by atoms with E-state index in [4.69, 9.17) is 0 Å². The predicted molar refractivity (Wildman–Crippen MR) is 138 cm³/mol. The lowest BCUT2D eigenvalue weighted by Gasteiger charge is -2.18. The number of thiol groups is 2. The van der Waals surface area contributed by atoms with Crippen molar-refractivity contribution in [3.63, 3.8) is 0 Å². The molecule has 0 radical (unpaired) electrons. The molecule has 5 aromatic carbocycles. The van der Waals surface area contributed by atoms with Crippen molar-refractivity contribution >= 4 is 46.8 Å². The van der Waals surface area contributed by atoms with Crippen LogP contribution in [-0.4, -0.2) is 0 Å². The van der Waals surface area contributed by atoms with E-state index in [1.165, 1.54) is 54.9 Å². The summed E-state index contributed by atoms with van der Waals surface area (Å²) < 4.78 is 0. The van der Waals surface area contributed by atoms with Gasteiger partial charge in [0.1, 0.15) is 0 Å². The van der Waals surface area contributed by atoms with Crippen LogP contribution >= 0.6 is 25.3 Å². The van der Waals surface area contributed by atoms with Gasteiger partial charge in [-0.1, -0.05) is 97.1 Å². The van der Waals surface area contributed by atoms with Crippen LogP contribution in [0, 0.1) is 0 Å². The monoisotopic (exact) mass is 422 g/mol. The third kappa shape index (κ3) is 3.30. The number of hydrogen-bond acceptors (Lipinski definition) is 2. The highest BCUT2D eigenvalue weighted by Gasteiger charge is 2.16. The molecular weight excluding hydrogens is 400 g/mol. The first-order valence-electron chi connectivity index (χ1n) is 10.1. The van der Waals surface area contributed by atoms with E-state index in [0.29, 0.717) is 0 Å². The van der Waals surface area contributed by atoms with Gasteiger partial charge in [-0.2, -0.15) is 25.3 Å². The largest absolute Gasteiger partial charge is 0.175 e. The lowest BCUT2D eigenvalue weighted by Crippen LogP contribution is -1.91. The minimum atomic E-state index is 0.753. The van der Waals surface area contributed by atoms with Gasteiger partial charge in [0.05, 0.1) is 0 Å². The Labute approximate surface area is 188 Å². The standard InChI is InChI=1S/C28H22S2/c29-17-19-9-13-21(14-10-19)27-23-5-1-2-6-24(23)28(26-8-4-3-7-25(26)27)22-15-11-20(18-30)12-16-22/h1-16,29-30H,17-18H2. The molecule has 0 aliphatic heterocycles. The van der Waals surface area contributed by atoms with Crippen molar-refractivity contribution in [2.24, 2.45) is 0 Å². The maximum absolute atomic E-state index is 4.41. The second-order valence-electron chi connectivity index (χ2n) is 7.55. The van der Waals surface area contributed by atoms with Gasteiger partial charge in [0.15, 0.2) is 0 Å². The fourth-order valence-electron chi connectivity index (χ4n) is 4.30. The fourth-order valence-corrected chi connectivity index (χ4v) is 4.73. The zero-order valence-electron chi connectivity index (χ0n) is 16.5. The molecule has 0 aliphatic carbocycles. The summed E-state index contributed by atoms with van der Waals surface area (Å²) in [6.45, 7) is 0. The Balaban J connectivity index is 1.88. The first-order valence-corrected chi connectivity index (χ1v) is 11.4. The van der Waals surface area contributed by atoms with E-state index in [0.717, 1.165) is 11.5 Å². The maximum Gasteiger partial charge on any atom is 0.0154 e. The molecule has 0 aromatic heterocycles. The molecule has 5 rings (SSSR count). The topological polar surface area (TPSA) is 0 Å². The molecule has 0 atom stereocenters. The highest BCUT2D eigenvalue weighted by molar-refractivity contribution is 7.79. The second-order valence-corrected chi connectivity index (χ2v) is 8.18. The zero-order chi connectivity index (χ0) is 20.5. The minimum absolute atomic E-state index is 0.753. The third-order valence-electron chi connectivity index (χ3n) is 5.78. The van der Waals surface area contributed by atoms with Gasteiger partial charge in [-0.3, -0.25) is 0 Å². The normalized spacial score (nSPS) is 11.3. The molecule has 2 heteroatoms. The van der Waals surface area contributed by atoms with Gasteiger partial charge in [-0.15, -0.1) is 0 Å². The molecule has 146 valence electrons. The zero-order valence-corrected chi connectivity index (χ0v) is 18.3. The second kappa shape index (κ2) is 8.22. The van der Waals surface area contributed by atoms with Crippen molar-refractivity contribution < 1.29 is 0 Å². The SMILES string of the molecule is SCc1ccc(-c2c3ccccc3c(-c3ccc(CS)cc3)c3ccccc23)cc1. The van der Waals surface area contributed by atoms with Crippen molar-refractivity contribution in [3.05, 3.63) is 108 Å². The average Bonchev–Trinajstić information content (AvgIpc) is 2.82. The van der Waals surface area contributed by atoms with E-state index in [9.17, 15) is 0 Å². The Bertz CT molecular complexity index is 1170. The summed E-state index contributed by atoms with van der Waals surface area (Å²) in [6.07, 6.45) is 0. The molecular formula is C28H22S2. The van der Waals surface area contributed by atoms with E-state index in [-0.39, 0.29) is 0 Å². The molecule has 0 heterocycles. The van der Waals surface area contributed by atoms with Crippen LogP contribution in [0.25, 0.3) is 43.8 Å². The smallest absolute Gasteiger partial charge is 0.0154 e. The molecule has 0 saturated heterocycles. The molecule has 0 spiro atoms. The molecule has 30 heavy (non-hydrogen) atoms. The van der Waals surface area contributed by atoms with Crippen molar-refractivity contribution in [3.8, 4) is 22.3 Å². The van der Waals surface area contributed by atoms with Crippen LogP contribution in [0.1, 0.15) is 11.1 Å². The van der Waals surface area contributed by atoms with Crippen LogP contribution in [0.4, 0.5) is 0 Å². The summed E-state index contributed by atoms with van der Waals surface area (Å²) in [7, 11) is 0. The van der Waals surface area contributed by atoms with Crippen LogP contribution in [0.2, 0.25) is 0 Å².